The average molecular weight is 563 g/mol. The monoisotopic (exact) mass is 562 g/mol. The van der Waals surface area contributed by atoms with Gasteiger partial charge in [0.2, 0.25) is 5.88 Å². The second-order valence-corrected chi connectivity index (χ2v) is 12.7. The molecule has 1 aromatic heterocycles. The van der Waals surface area contributed by atoms with Crippen molar-refractivity contribution in [2.75, 3.05) is 26.8 Å². The lowest BCUT2D eigenvalue weighted by atomic mass is 9.73. The highest BCUT2D eigenvalue weighted by Gasteiger charge is 2.54. The van der Waals surface area contributed by atoms with E-state index < -0.39 is 45.8 Å². The number of nitrogen functional groups attached to an aromatic ring is 1. The molecule has 0 radical (unpaired) electrons. The third-order valence-corrected chi connectivity index (χ3v) is 9.38. The Morgan fingerprint density at radius 3 is 2.20 bits per heavy atom. The zero-order chi connectivity index (χ0) is 29.1. The van der Waals surface area contributed by atoms with Gasteiger partial charge < -0.3 is 20.5 Å². The Kier molecular flexibility index (Phi) is 7.08. The molecule has 2 saturated heterocycles. The molecule has 40 heavy (non-hydrogen) atoms. The second kappa shape index (κ2) is 10.0. The van der Waals surface area contributed by atoms with Crippen LogP contribution in [0.15, 0.2) is 9.59 Å². The number of ether oxygens (including phenoxy) is 1. The van der Waals surface area contributed by atoms with Crippen LogP contribution in [0.1, 0.15) is 70.4 Å². The number of aromatic nitrogens is 2. The highest BCUT2D eigenvalue weighted by atomic mass is 19.1. The van der Waals surface area contributed by atoms with E-state index in [4.69, 9.17) is 15.9 Å². The molecular formula is C27H39FN6O6. The van der Waals surface area contributed by atoms with Crippen molar-refractivity contribution in [3.05, 3.63) is 26.4 Å². The van der Waals surface area contributed by atoms with E-state index in [2.05, 4.69) is 0 Å². The minimum atomic E-state index is -1.32. The van der Waals surface area contributed by atoms with Gasteiger partial charge in [-0.15, -0.1) is 0 Å². The molecule has 0 unspecified atom stereocenters. The number of likely N-dealkylation sites (N-methyl/N-ethyl adjacent to an activating group) is 1. The van der Waals surface area contributed by atoms with Crippen molar-refractivity contribution in [1.29, 1.82) is 5.41 Å². The van der Waals surface area contributed by atoms with E-state index in [0.717, 1.165) is 9.13 Å². The number of nitrogens with two attached hydrogens (primary N) is 1. The topological polar surface area (TPSA) is 164 Å². The Labute approximate surface area is 231 Å². The normalized spacial score (nSPS) is 32.8. The molecule has 220 valence electrons. The van der Waals surface area contributed by atoms with Crippen LogP contribution in [0.2, 0.25) is 0 Å². The molecule has 3 amide bonds. The van der Waals surface area contributed by atoms with E-state index in [-0.39, 0.29) is 49.1 Å². The van der Waals surface area contributed by atoms with Crippen molar-refractivity contribution in [1.82, 2.24) is 18.9 Å². The van der Waals surface area contributed by atoms with E-state index in [0.29, 0.717) is 51.9 Å². The van der Waals surface area contributed by atoms with E-state index in [1.165, 1.54) is 18.9 Å². The molecule has 1 aromatic rings. The van der Waals surface area contributed by atoms with E-state index in [1.807, 2.05) is 6.92 Å². The number of nitrogens with zero attached hydrogens (tertiary/aromatic N) is 4. The van der Waals surface area contributed by atoms with E-state index in [9.17, 15) is 28.7 Å². The number of hydrogen-bond acceptors (Lipinski definition) is 7. The van der Waals surface area contributed by atoms with Gasteiger partial charge in [0, 0.05) is 32.1 Å². The lowest BCUT2D eigenvalue weighted by Crippen LogP contribution is -2.52. The third kappa shape index (κ3) is 4.71. The van der Waals surface area contributed by atoms with Crippen molar-refractivity contribution in [2.24, 2.45) is 23.5 Å². The van der Waals surface area contributed by atoms with Gasteiger partial charge in [0.05, 0.1) is 13.2 Å². The molecule has 13 heteroatoms. The maximum absolute atomic E-state index is 14.1. The number of halogens is 1. The van der Waals surface area contributed by atoms with Crippen LogP contribution in [0.25, 0.3) is 0 Å². The molecule has 2 aliphatic carbocycles. The fourth-order valence-electron chi connectivity index (χ4n) is 7.16. The largest absolute Gasteiger partial charge is 0.494 e. The first-order valence-corrected chi connectivity index (χ1v) is 14.0. The second-order valence-electron chi connectivity index (χ2n) is 12.7. The molecule has 2 saturated carbocycles. The summed E-state index contributed by atoms with van der Waals surface area (Å²) in [6.45, 7) is 4.92. The van der Waals surface area contributed by atoms with Crippen LogP contribution in [0.5, 0.6) is 5.88 Å². The predicted octanol–water partition coefficient (Wildman–Crippen LogP) is 1.56. The highest BCUT2D eigenvalue weighted by molar-refractivity contribution is 6.06. The molecule has 1 atom stereocenters. The van der Waals surface area contributed by atoms with Crippen LogP contribution in [0.4, 0.5) is 9.18 Å². The maximum Gasteiger partial charge on any atom is 0.334 e. The summed E-state index contributed by atoms with van der Waals surface area (Å²) in [4.78, 5) is 55.7. The number of carbonyl (C=O) groups excluding carboxylic acids is 2. The summed E-state index contributed by atoms with van der Waals surface area (Å²) >= 11 is 0. The Hall–Kier alpha value is -3.22. The molecule has 4 N–H and O–H groups in total. The molecule has 0 spiro atoms. The third-order valence-electron chi connectivity index (χ3n) is 9.38. The van der Waals surface area contributed by atoms with E-state index in [1.54, 1.807) is 4.90 Å². The zero-order valence-electron chi connectivity index (χ0n) is 23.3. The molecule has 12 nitrogen and oxygen atoms in total. The minimum Gasteiger partial charge on any atom is -0.494 e. The number of imide groups is 1. The molecule has 4 fully saturated rings. The van der Waals surface area contributed by atoms with Crippen LogP contribution >= 0.6 is 0 Å². The van der Waals surface area contributed by atoms with Crippen LogP contribution in [-0.2, 0) is 16.1 Å². The summed E-state index contributed by atoms with van der Waals surface area (Å²) < 4.78 is 21.5. The Balaban J connectivity index is 1.35. The van der Waals surface area contributed by atoms with Gasteiger partial charge in [-0.3, -0.25) is 29.0 Å². The summed E-state index contributed by atoms with van der Waals surface area (Å²) in [7, 11) is 1.50. The number of amides is 3. The lowest BCUT2D eigenvalue weighted by molar-refractivity contribution is -0.133. The van der Waals surface area contributed by atoms with Crippen LogP contribution in [-0.4, -0.2) is 79.8 Å². The number of hydrogen-bond donors (Lipinski definition) is 3. The summed E-state index contributed by atoms with van der Waals surface area (Å²) in [6.07, 6.45) is 3.13. The fourth-order valence-corrected chi connectivity index (χ4v) is 7.16. The number of carbonyl (C=O) groups is 2. The van der Waals surface area contributed by atoms with Gasteiger partial charge in [0.25, 0.3) is 11.5 Å². The van der Waals surface area contributed by atoms with Crippen molar-refractivity contribution >= 4 is 17.8 Å². The maximum atomic E-state index is 14.1. The standard InChI is InChI=1S/C27H39FN6O6/c1-26(28)8-16(9-26)11-32-21(35)19(20(29)30)22(36)34(25(32)39)18-6-4-15(5-7-18)10-27(2)23(37)31(3)24(38)33(27)12-17-13-40-14-17/h15-18,35H,4-14H2,1-3H3,(H3,29,30)/t15?,16?,18?,26?,27-/m0/s1. The molecule has 3 heterocycles. The number of rotatable bonds is 8. The summed E-state index contributed by atoms with van der Waals surface area (Å²) in [5.74, 6) is -1.41. The number of aromatic hydroxyl groups is 1. The van der Waals surface area contributed by atoms with Crippen molar-refractivity contribution in [3.63, 3.8) is 0 Å². The first-order chi connectivity index (χ1) is 18.7. The minimum absolute atomic E-state index is 0.0317. The summed E-state index contributed by atoms with van der Waals surface area (Å²) in [5, 5.41) is 18.6. The lowest BCUT2D eigenvalue weighted by Gasteiger charge is -2.40. The first kappa shape index (κ1) is 28.3. The quantitative estimate of drug-likeness (QED) is 0.246. The number of nitrogens with one attached hydrogen (secondary N) is 1. The molecule has 0 aromatic carbocycles. The molecular weight excluding hydrogens is 523 g/mol. The van der Waals surface area contributed by atoms with Gasteiger partial charge in [0.15, 0.2) is 0 Å². The SMILES string of the molecule is CN1C(=O)N(CC2COC2)[C@@](C)(CC2CCC(n3c(=O)c(C(=N)N)c(O)n(CC4CC(C)(F)C4)c3=O)CC2)C1=O. The molecule has 0 bridgehead atoms. The molecule has 5 rings (SSSR count). The van der Waals surface area contributed by atoms with Gasteiger partial charge in [0.1, 0.15) is 22.6 Å². The zero-order valence-corrected chi connectivity index (χ0v) is 23.3. The van der Waals surface area contributed by atoms with Crippen molar-refractivity contribution in [3.8, 4) is 5.88 Å². The van der Waals surface area contributed by atoms with Crippen LogP contribution < -0.4 is 17.0 Å². The Morgan fingerprint density at radius 1 is 1.05 bits per heavy atom. The van der Waals surface area contributed by atoms with E-state index >= 15 is 0 Å². The highest BCUT2D eigenvalue weighted by Crippen LogP contribution is 2.43. The number of amidine groups is 1. The molecule has 2 aliphatic heterocycles. The van der Waals surface area contributed by atoms with Gasteiger partial charge >= 0.3 is 11.7 Å². The predicted molar refractivity (Wildman–Crippen MR) is 143 cm³/mol. The van der Waals surface area contributed by atoms with Crippen LogP contribution in [0.3, 0.4) is 0 Å². The van der Waals surface area contributed by atoms with Crippen molar-refractivity contribution < 1.29 is 23.8 Å². The Morgan fingerprint density at radius 2 is 1.68 bits per heavy atom. The van der Waals surface area contributed by atoms with Crippen LogP contribution in [0, 0.1) is 23.2 Å². The van der Waals surface area contributed by atoms with Gasteiger partial charge in [-0.2, -0.15) is 0 Å². The van der Waals surface area contributed by atoms with Crippen molar-refractivity contribution in [2.45, 2.75) is 82.6 Å². The fraction of sp³-hybridized carbons (Fsp3) is 0.741. The van der Waals surface area contributed by atoms with Gasteiger partial charge in [-0.05, 0) is 70.6 Å². The summed E-state index contributed by atoms with van der Waals surface area (Å²) in [5.41, 5.74) is 1.41. The summed E-state index contributed by atoms with van der Waals surface area (Å²) in [6, 6.07) is -0.783. The molecule has 4 aliphatic rings. The van der Waals surface area contributed by atoms with Gasteiger partial charge in [-0.1, -0.05) is 0 Å². The number of alkyl halides is 1. The number of urea groups is 1. The Bertz CT molecular complexity index is 1340. The average Bonchev–Trinajstić information content (AvgIpc) is 2.98. The first-order valence-electron chi connectivity index (χ1n) is 14.0. The van der Waals surface area contributed by atoms with Gasteiger partial charge in [-0.25, -0.2) is 14.0 Å². The smallest absolute Gasteiger partial charge is 0.334 e.